The summed E-state index contributed by atoms with van der Waals surface area (Å²) in [6.45, 7) is 4.23. The number of hydrogen-bond donors (Lipinski definition) is 2. The van der Waals surface area contributed by atoms with Crippen molar-refractivity contribution in [2.24, 2.45) is 5.41 Å². The fourth-order valence-electron chi connectivity index (χ4n) is 3.75. The SMILES string of the molecule is CC1(CNc2ncc3c(n2)CCC=C3c2ccc3c(c2)OCCNC3=O)CC1. The molecule has 0 atom stereocenters. The molecule has 28 heavy (non-hydrogen) atoms. The quantitative estimate of drug-likeness (QED) is 0.857. The molecule has 2 aliphatic carbocycles. The molecule has 1 aromatic carbocycles. The average molecular weight is 376 g/mol. The van der Waals surface area contributed by atoms with Crippen molar-refractivity contribution in [1.82, 2.24) is 15.3 Å². The molecule has 6 heteroatoms. The maximum atomic E-state index is 12.1. The Bertz CT molecular complexity index is 978. The second-order valence-electron chi connectivity index (χ2n) is 8.19. The smallest absolute Gasteiger partial charge is 0.255 e. The monoisotopic (exact) mass is 376 g/mol. The van der Waals surface area contributed by atoms with Gasteiger partial charge in [0.25, 0.3) is 5.91 Å². The molecule has 5 rings (SSSR count). The molecule has 6 nitrogen and oxygen atoms in total. The van der Waals surface area contributed by atoms with Gasteiger partial charge in [-0.2, -0.15) is 0 Å². The highest BCUT2D eigenvalue weighted by Gasteiger charge is 2.37. The molecule has 0 unspecified atom stereocenters. The van der Waals surface area contributed by atoms with Crippen LogP contribution in [0.3, 0.4) is 0 Å². The van der Waals surface area contributed by atoms with E-state index in [0.717, 1.165) is 47.7 Å². The summed E-state index contributed by atoms with van der Waals surface area (Å²) >= 11 is 0. The van der Waals surface area contributed by atoms with Crippen LogP contribution in [0.25, 0.3) is 5.57 Å². The number of carbonyl (C=O) groups is 1. The molecule has 2 N–H and O–H groups in total. The van der Waals surface area contributed by atoms with Crippen LogP contribution in [0.2, 0.25) is 0 Å². The van der Waals surface area contributed by atoms with Crippen LogP contribution < -0.4 is 15.4 Å². The number of fused-ring (bicyclic) bond motifs is 2. The standard InChI is InChI=1S/C22H24N4O2/c1-22(7-8-22)13-25-21-24-12-17-15(3-2-4-18(17)26-21)14-5-6-16-19(11-14)28-10-9-23-20(16)27/h3,5-6,11-12H,2,4,7-10,13H2,1H3,(H,23,27)(H,24,25,26). The highest BCUT2D eigenvalue weighted by molar-refractivity contribution is 5.98. The lowest BCUT2D eigenvalue weighted by atomic mass is 9.90. The zero-order valence-electron chi connectivity index (χ0n) is 16.0. The zero-order chi connectivity index (χ0) is 19.1. The molecule has 144 valence electrons. The molecule has 0 saturated heterocycles. The number of carbonyl (C=O) groups excluding carboxylic acids is 1. The number of amides is 1. The second-order valence-corrected chi connectivity index (χ2v) is 8.19. The summed E-state index contributed by atoms with van der Waals surface area (Å²) in [5, 5.41) is 6.24. The van der Waals surface area contributed by atoms with Gasteiger partial charge in [-0.25, -0.2) is 9.97 Å². The Morgan fingerprint density at radius 2 is 2.18 bits per heavy atom. The summed E-state index contributed by atoms with van der Waals surface area (Å²) in [5.41, 5.74) is 5.28. The van der Waals surface area contributed by atoms with Crippen molar-refractivity contribution in [2.45, 2.75) is 32.6 Å². The van der Waals surface area contributed by atoms with Crippen LogP contribution in [0.15, 0.2) is 30.5 Å². The second kappa shape index (κ2) is 6.62. The minimum atomic E-state index is -0.0829. The lowest BCUT2D eigenvalue weighted by molar-refractivity contribution is 0.0957. The predicted molar refractivity (Wildman–Crippen MR) is 108 cm³/mol. The Morgan fingerprint density at radius 3 is 3.04 bits per heavy atom. The average Bonchev–Trinajstić information content (AvgIpc) is 3.49. The van der Waals surface area contributed by atoms with Crippen LogP contribution in [-0.2, 0) is 6.42 Å². The fourth-order valence-corrected chi connectivity index (χ4v) is 3.75. The van der Waals surface area contributed by atoms with Crippen molar-refractivity contribution < 1.29 is 9.53 Å². The van der Waals surface area contributed by atoms with Gasteiger partial charge in [-0.1, -0.05) is 19.1 Å². The summed E-state index contributed by atoms with van der Waals surface area (Å²) in [6, 6.07) is 5.78. The highest BCUT2D eigenvalue weighted by Crippen LogP contribution is 2.44. The number of nitrogens with one attached hydrogen (secondary N) is 2. The normalized spacial score (nSPS) is 19.3. The van der Waals surface area contributed by atoms with Gasteiger partial charge in [0.05, 0.1) is 17.8 Å². The van der Waals surface area contributed by atoms with E-state index in [4.69, 9.17) is 9.72 Å². The van der Waals surface area contributed by atoms with Crippen LogP contribution in [0.5, 0.6) is 5.75 Å². The Morgan fingerprint density at radius 1 is 1.29 bits per heavy atom. The number of aromatic nitrogens is 2. The summed E-state index contributed by atoms with van der Waals surface area (Å²) in [5.74, 6) is 1.27. The Balaban J connectivity index is 1.43. The van der Waals surface area contributed by atoms with Gasteiger partial charge < -0.3 is 15.4 Å². The van der Waals surface area contributed by atoms with Crippen molar-refractivity contribution in [3.63, 3.8) is 0 Å². The first kappa shape index (κ1) is 17.2. The van der Waals surface area contributed by atoms with Crippen LogP contribution in [0.1, 0.15) is 53.4 Å². The molecule has 0 radical (unpaired) electrons. The van der Waals surface area contributed by atoms with E-state index in [1.54, 1.807) is 0 Å². The van der Waals surface area contributed by atoms with Crippen molar-refractivity contribution in [2.75, 3.05) is 25.0 Å². The van der Waals surface area contributed by atoms with Gasteiger partial charge in [0.15, 0.2) is 0 Å². The van der Waals surface area contributed by atoms with E-state index in [0.29, 0.717) is 29.9 Å². The van der Waals surface area contributed by atoms with Gasteiger partial charge >= 0.3 is 0 Å². The Labute approximate surface area is 164 Å². The molecule has 1 aliphatic heterocycles. The number of nitrogens with zero attached hydrogens (tertiary/aromatic N) is 2. The maximum Gasteiger partial charge on any atom is 0.255 e. The predicted octanol–water partition coefficient (Wildman–Crippen LogP) is 3.19. The maximum absolute atomic E-state index is 12.1. The van der Waals surface area contributed by atoms with Crippen molar-refractivity contribution in [1.29, 1.82) is 0 Å². The number of aryl methyl sites for hydroxylation is 1. The molecule has 0 bridgehead atoms. The number of ether oxygens (including phenoxy) is 1. The van der Waals surface area contributed by atoms with E-state index >= 15 is 0 Å². The lowest BCUT2D eigenvalue weighted by Gasteiger charge is -2.19. The van der Waals surface area contributed by atoms with E-state index in [1.807, 2.05) is 24.4 Å². The molecule has 3 aliphatic rings. The molecule has 0 spiro atoms. The third-order valence-corrected chi connectivity index (χ3v) is 5.85. The van der Waals surface area contributed by atoms with Crippen LogP contribution >= 0.6 is 0 Å². The third-order valence-electron chi connectivity index (χ3n) is 5.85. The zero-order valence-corrected chi connectivity index (χ0v) is 16.0. The van der Waals surface area contributed by atoms with Crippen molar-refractivity contribution >= 4 is 17.4 Å². The summed E-state index contributed by atoms with van der Waals surface area (Å²) in [6.07, 6.45) is 8.55. The minimum Gasteiger partial charge on any atom is -0.491 e. The lowest BCUT2D eigenvalue weighted by Crippen LogP contribution is -2.24. The van der Waals surface area contributed by atoms with Gasteiger partial charge in [0.2, 0.25) is 5.95 Å². The number of anilines is 1. The highest BCUT2D eigenvalue weighted by atomic mass is 16.5. The van der Waals surface area contributed by atoms with E-state index < -0.39 is 0 Å². The van der Waals surface area contributed by atoms with E-state index in [-0.39, 0.29) is 5.91 Å². The molecular weight excluding hydrogens is 352 g/mol. The number of rotatable bonds is 4. The Kier molecular flexibility index (Phi) is 4.07. The topological polar surface area (TPSA) is 76.1 Å². The first-order valence-corrected chi connectivity index (χ1v) is 9.97. The van der Waals surface area contributed by atoms with E-state index in [9.17, 15) is 4.79 Å². The van der Waals surface area contributed by atoms with Gasteiger partial charge in [-0.3, -0.25) is 4.79 Å². The first-order valence-electron chi connectivity index (χ1n) is 9.97. The van der Waals surface area contributed by atoms with Gasteiger partial charge in [-0.05, 0) is 54.4 Å². The molecule has 1 fully saturated rings. The van der Waals surface area contributed by atoms with Gasteiger partial charge in [0, 0.05) is 18.3 Å². The van der Waals surface area contributed by atoms with E-state index in [1.165, 1.54) is 12.8 Å². The third kappa shape index (κ3) is 3.23. The molecule has 2 aromatic rings. The van der Waals surface area contributed by atoms with Gasteiger partial charge in [-0.15, -0.1) is 0 Å². The number of allylic oxidation sites excluding steroid dienone is 1. The fraction of sp³-hybridized carbons (Fsp3) is 0.409. The Hall–Kier alpha value is -2.89. The van der Waals surface area contributed by atoms with Crippen molar-refractivity contribution in [3.8, 4) is 5.75 Å². The summed E-state index contributed by atoms with van der Waals surface area (Å²) in [7, 11) is 0. The molecule has 1 amide bonds. The minimum absolute atomic E-state index is 0.0829. The number of hydrogen-bond acceptors (Lipinski definition) is 5. The molecular formula is C22H24N4O2. The molecule has 1 saturated carbocycles. The molecule has 2 heterocycles. The summed E-state index contributed by atoms with van der Waals surface area (Å²) < 4.78 is 5.78. The molecule has 1 aromatic heterocycles. The van der Waals surface area contributed by atoms with Crippen LogP contribution in [0.4, 0.5) is 5.95 Å². The van der Waals surface area contributed by atoms with E-state index in [2.05, 4.69) is 28.6 Å². The van der Waals surface area contributed by atoms with Crippen LogP contribution in [-0.4, -0.2) is 35.6 Å². The largest absolute Gasteiger partial charge is 0.491 e. The van der Waals surface area contributed by atoms with Crippen molar-refractivity contribution in [3.05, 3.63) is 52.9 Å². The summed E-state index contributed by atoms with van der Waals surface area (Å²) in [4.78, 5) is 21.5. The van der Waals surface area contributed by atoms with Gasteiger partial charge in [0.1, 0.15) is 12.4 Å². The number of benzene rings is 1. The van der Waals surface area contributed by atoms with Crippen LogP contribution in [0, 0.1) is 5.41 Å². The first-order chi connectivity index (χ1) is 13.6.